The Morgan fingerprint density at radius 3 is 2.04 bits per heavy atom. The quantitative estimate of drug-likeness (QED) is 0.640. The molecule has 146 valence electrons. The molecule has 0 aliphatic carbocycles. The van der Waals surface area contributed by atoms with Crippen LogP contribution < -0.4 is 0 Å². The van der Waals surface area contributed by atoms with Crippen LogP contribution in [0.3, 0.4) is 0 Å². The summed E-state index contributed by atoms with van der Waals surface area (Å²) >= 11 is 0. The lowest BCUT2D eigenvalue weighted by molar-refractivity contribution is -0.281. The van der Waals surface area contributed by atoms with E-state index >= 15 is 0 Å². The highest BCUT2D eigenvalue weighted by atomic mass is 16.7. The minimum absolute atomic E-state index is 0.0656. The van der Waals surface area contributed by atoms with Crippen molar-refractivity contribution in [2.45, 2.75) is 64.0 Å². The van der Waals surface area contributed by atoms with Gasteiger partial charge in [-0.1, -0.05) is 74.0 Å². The van der Waals surface area contributed by atoms with E-state index in [0.29, 0.717) is 13.2 Å². The molecule has 0 bridgehead atoms. The molecule has 0 spiro atoms. The van der Waals surface area contributed by atoms with Gasteiger partial charge in [0.25, 0.3) is 0 Å². The van der Waals surface area contributed by atoms with Gasteiger partial charge in [-0.25, -0.2) is 0 Å². The minimum atomic E-state index is -0.417. The molecule has 0 amide bonds. The molecule has 2 aromatic rings. The summed E-state index contributed by atoms with van der Waals surface area (Å²) in [6.45, 7) is 3.24. The fourth-order valence-corrected chi connectivity index (χ4v) is 3.48. The first-order valence-electron chi connectivity index (χ1n) is 9.79. The van der Waals surface area contributed by atoms with Gasteiger partial charge in [-0.2, -0.15) is 0 Å². The second-order valence-corrected chi connectivity index (χ2v) is 6.98. The van der Waals surface area contributed by atoms with Crippen LogP contribution in [0.2, 0.25) is 0 Å². The number of ether oxygens (including phenoxy) is 4. The molecule has 0 saturated carbocycles. The molecule has 4 heteroatoms. The van der Waals surface area contributed by atoms with Gasteiger partial charge in [0.05, 0.1) is 25.4 Å². The predicted octanol–water partition coefficient (Wildman–Crippen LogP) is 4.72. The van der Waals surface area contributed by atoms with Gasteiger partial charge in [-0.05, 0) is 17.5 Å². The lowest BCUT2D eigenvalue weighted by Crippen LogP contribution is -2.51. The summed E-state index contributed by atoms with van der Waals surface area (Å²) in [6.07, 6.45) is 2.28. The van der Waals surface area contributed by atoms with Gasteiger partial charge in [0, 0.05) is 13.5 Å². The summed E-state index contributed by atoms with van der Waals surface area (Å²) in [5.74, 6) is 0. The van der Waals surface area contributed by atoms with E-state index in [1.807, 2.05) is 36.4 Å². The first-order chi connectivity index (χ1) is 13.3. The number of rotatable bonds is 9. The highest BCUT2D eigenvalue weighted by Gasteiger charge is 2.40. The highest BCUT2D eigenvalue weighted by molar-refractivity contribution is 5.14. The SMILES string of the molecule is CCCC1CC(OCc2ccccc2)C(OCc2ccccc2)C(OC)O1. The minimum Gasteiger partial charge on any atom is -0.371 e. The lowest BCUT2D eigenvalue weighted by atomic mass is 9.98. The Labute approximate surface area is 162 Å². The zero-order valence-corrected chi connectivity index (χ0v) is 16.3. The van der Waals surface area contributed by atoms with Gasteiger partial charge in [-0.15, -0.1) is 0 Å². The third kappa shape index (κ3) is 5.88. The average molecular weight is 370 g/mol. The van der Waals surface area contributed by atoms with Crippen LogP contribution in [0, 0.1) is 0 Å². The van der Waals surface area contributed by atoms with E-state index < -0.39 is 6.29 Å². The first-order valence-corrected chi connectivity index (χ1v) is 9.79. The number of hydrogen-bond donors (Lipinski definition) is 0. The van der Waals surface area contributed by atoms with E-state index in [1.54, 1.807) is 7.11 Å². The van der Waals surface area contributed by atoms with Crippen molar-refractivity contribution >= 4 is 0 Å². The predicted molar refractivity (Wildman–Crippen MR) is 105 cm³/mol. The number of benzene rings is 2. The molecule has 1 aliphatic rings. The fraction of sp³-hybridized carbons (Fsp3) is 0.478. The van der Waals surface area contributed by atoms with E-state index in [9.17, 15) is 0 Å². The Morgan fingerprint density at radius 1 is 0.889 bits per heavy atom. The standard InChI is InChI=1S/C23H30O4/c1-3-10-20-15-21(25-16-18-11-6-4-7-12-18)22(23(24-2)27-20)26-17-19-13-8-5-9-14-19/h4-9,11-14,20-23H,3,10,15-17H2,1-2H3. The molecule has 4 atom stereocenters. The Balaban J connectivity index is 1.68. The van der Waals surface area contributed by atoms with Gasteiger partial charge < -0.3 is 18.9 Å². The maximum absolute atomic E-state index is 6.29. The van der Waals surface area contributed by atoms with Crippen molar-refractivity contribution in [1.82, 2.24) is 0 Å². The Hall–Kier alpha value is -1.72. The highest BCUT2D eigenvalue weighted by Crippen LogP contribution is 2.29. The average Bonchev–Trinajstić information content (AvgIpc) is 2.72. The third-order valence-electron chi connectivity index (χ3n) is 4.89. The topological polar surface area (TPSA) is 36.9 Å². The molecule has 3 rings (SSSR count). The summed E-state index contributed by atoms with van der Waals surface area (Å²) < 4.78 is 24.3. The Bertz CT molecular complexity index is 646. The molecule has 1 heterocycles. The van der Waals surface area contributed by atoms with E-state index in [0.717, 1.165) is 30.4 Å². The van der Waals surface area contributed by atoms with Crippen molar-refractivity contribution in [3.8, 4) is 0 Å². The summed E-state index contributed by atoms with van der Waals surface area (Å²) in [7, 11) is 1.67. The molecule has 1 fully saturated rings. The van der Waals surface area contributed by atoms with Crippen LogP contribution in [0.4, 0.5) is 0 Å². The van der Waals surface area contributed by atoms with Gasteiger partial charge in [0.1, 0.15) is 6.10 Å². The first kappa shape index (κ1) is 20.0. The van der Waals surface area contributed by atoms with Crippen molar-refractivity contribution in [1.29, 1.82) is 0 Å². The number of methoxy groups -OCH3 is 1. The van der Waals surface area contributed by atoms with Crippen LogP contribution in [0.5, 0.6) is 0 Å². The molecule has 1 aliphatic heterocycles. The van der Waals surface area contributed by atoms with E-state index in [1.165, 1.54) is 0 Å². The molecule has 0 radical (unpaired) electrons. The Kier molecular flexibility index (Phi) is 7.84. The van der Waals surface area contributed by atoms with Gasteiger partial charge in [0.2, 0.25) is 0 Å². The molecule has 0 aromatic heterocycles. The second kappa shape index (κ2) is 10.6. The van der Waals surface area contributed by atoms with E-state index in [4.69, 9.17) is 18.9 Å². The summed E-state index contributed by atoms with van der Waals surface area (Å²) in [5, 5.41) is 0. The molecule has 1 saturated heterocycles. The zero-order chi connectivity index (χ0) is 18.9. The molecular formula is C23H30O4. The summed E-state index contributed by atoms with van der Waals surface area (Å²) in [4.78, 5) is 0. The maximum atomic E-state index is 6.29. The van der Waals surface area contributed by atoms with Crippen LogP contribution in [0.25, 0.3) is 0 Å². The summed E-state index contributed by atoms with van der Waals surface area (Å²) in [5.41, 5.74) is 2.29. The largest absolute Gasteiger partial charge is 0.371 e. The second-order valence-electron chi connectivity index (χ2n) is 6.98. The van der Waals surface area contributed by atoms with Crippen LogP contribution in [-0.4, -0.2) is 31.7 Å². The van der Waals surface area contributed by atoms with Gasteiger partial charge >= 0.3 is 0 Å². The smallest absolute Gasteiger partial charge is 0.186 e. The van der Waals surface area contributed by atoms with Crippen LogP contribution in [0.1, 0.15) is 37.3 Å². The third-order valence-corrected chi connectivity index (χ3v) is 4.89. The fourth-order valence-electron chi connectivity index (χ4n) is 3.48. The van der Waals surface area contributed by atoms with Gasteiger partial charge in [0.15, 0.2) is 6.29 Å². The maximum Gasteiger partial charge on any atom is 0.186 e. The normalized spacial score (nSPS) is 25.4. The number of hydrogen-bond acceptors (Lipinski definition) is 4. The molecule has 2 aromatic carbocycles. The monoisotopic (exact) mass is 370 g/mol. The van der Waals surface area contributed by atoms with Crippen molar-refractivity contribution < 1.29 is 18.9 Å². The van der Waals surface area contributed by atoms with Crippen molar-refractivity contribution in [2.24, 2.45) is 0 Å². The van der Waals surface area contributed by atoms with E-state index in [-0.39, 0.29) is 18.3 Å². The van der Waals surface area contributed by atoms with Gasteiger partial charge in [-0.3, -0.25) is 0 Å². The van der Waals surface area contributed by atoms with E-state index in [2.05, 4.69) is 31.2 Å². The van der Waals surface area contributed by atoms with Crippen molar-refractivity contribution in [3.05, 3.63) is 71.8 Å². The van der Waals surface area contributed by atoms with Crippen molar-refractivity contribution in [3.63, 3.8) is 0 Å². The molecule has 4 nitrogen and oxygen atoms in total. The Morgan fingerprint density at radius 2 is 1.48 bits per heavy atom. The summed E-state index contributed by atoms with van der Waals surface area (Å²) in [6, 6.07) is 20.4. The zero-order valence-electron chi connectivity index (χ0n) is 16.3. The lowest BCUT2D eigenvalue weighted by Gasteiger charge is -2.40. The molecule has 27 heavy (non-hydrogen) atoms. The van der Waals surface area contributed by atoms with Crippen molar-refractivity contribution in [2.75, 3.05) is 7.11 Å². The van der Waals surface area contributed by atoms with Crippen LogP contribution >= 0.6 is 0 Å². The van der Waals surface area contributed by atoms with Crippen LogP contribution in [-0.2, 0) is 32.2 Å². The molecule has 4 unspecified atom stereocenters. The molecular weight excluding hydrogens is 340 g/mol. The van der Waals surface area contributed by atoms with Crippen LogP contribution in [0.15, 0.2) is 60.7 Å². The molecule has 0 N–H and O–H groups in total.